The summed E-state index contributed by atoms with van der Waals surface area (Å²) >= 11 is 7.02. The number of anilines is 1. The molecule has 0 atom stereocenters. The lowest BCUT2D eigenvalue weighted by Gasteiger charge is -2.11. The molecule has 2 aromatic carbocycles. The summed E-state index contributed by atoms with van der Waals surface area (Å²) in [6, 6.07) is 15.7. The second-order valence-corrected chi connectivity index (χ2v) is 8.03. The van der Waals surface area contributed by atoms with Gasteiger partial charge in [-0.1, -0.05) is 41.1 Å². The lowest BCUT2D eigenvalue weighted by atomic mass is 10.2. The van der Waals surface area contributed by atoms with Crippen molar-refractivity contribution < 1.29 is 9.18 Å². The zero-order chi connectivity index (χ0) is 21.8. The zero-order valence-electron chi connectivity index (χ0n) is 16.4. The van der Waals surface area contributed by atoms with Gasteiger partial charge in [0.25, 0.3) is 0 Å². The van der Waals surface area contributed by atoms with E-state index in [1.807, 2.05) is 47.9 Å². The number of nitrogens with zero attached hydrogens (tertiary/aromatic N) is 4. The normalized spacial score (nSPS) is 10.8. The Morgan fingerprint density at radius 1 is 1.16 bits per heavy atom. The third kappa shape index (κ3) is 4.92. The summed E-state index contributed by atoms with van der Waals surface area (Å²) in [5, 5.41) is 11.8. The molecule has 2 heterocycles. The highest BCUT2D eigenvalue weighted by Gasteiger charge is 2.17. The van der Waals surface area contributed by atoms with Gasteiger partial charge in [-0.2, -0.15) is 0 Å². The largest absolute Gasteiger partial charge is 0.325 e. The smallest absolute Gasteiger partial charge is 0.234 e. The number of thioether (sulfide) groups is 1. The molecule has 0 bridgehead atoms. The van der Waals surface area contributed by atoms with Crippen LogP contribution in [0.5, 0.6) is 0 Å². The summed E-state index contributed by atoms with van der Waals surface area (Å²) in [7, 11) is 0. The van der Waals surface area contributed by atoms with Crippen molar-refractivity contribution in [2.45, 2.75) is 12.1 Å². The number of hydrogen-bond donors (Lipinski definition) is 1. The molecular formula is C22H17ClFN5OS. The highest BCUT2D eigenvalue weighted by Crippen LogP contribution is 2.28. The summed E-state index contributed by atoms with van der Waals surface area (Å²) < 4.78 is 15.2. The maximum Gasteiger partial charge on any atom is 0.234 e. The molecule has 0 saturated carbocycles. The van der Waals surface area contributed by atoms with Gasteiger partial charge in [0.05, 0.1) is 10.8 Å². The number of halogens is 2. The van der Waals surface area contributed by atoms with E-state index in [-0.39, 0.29) is 16.7 Å². The number of benzene rings is 2. The third-order valence-corrected chi connectivity index (χ3v) is 5.60. The van der Waals surface area contributed by atoms with Crippen LogP contribution in [0.15, 0.2) is 72.1 Å². The Balaban J connectivity index is 1.57. The Kier molecular flexibility index (Phi) is 6.29. The Morgan fingerprint density at radius 3 is 2.68 bits per heavy atom. The predicted octanol–water partition coefficient (Wildman–Crippen LogP) is 5.16. The standard InChI is InChI=1S/C22H17ClFN5OS/c1-14-4-7-17(8-5-14)29-21(15-3-2-10-25-12-15)27-28-22(29)31-13-20(30)26-16-6-9-19(24)18(23)11-16/h2-12H,13H2,1H3,(H,26,30). The summed E-state index contributed by atoms with van der Waals surface area (Å²) in [6.07, 6.45) is 3.41. The number of aromatic nitrogens is 4. The van der Waals surface area contributed by atoms with Gasteiger partial charge in [0.15, 0.2) is 11.0 Å². The van der Waals surface area contributed by atoms with Gasteiger partial charge in [-0.15, -0.1) is 10.2 Å². The highest BCUT2D eigenvalue weighted by atomic mass is 35.5. The van der Waals surface area contributed by atoms with E-state index >= 15 is 0 Å². The Morgan fingerprint density at radius 2 is 1.97 bits per heavy atom. The second kappa shape index (κ2) is 9.28. The van der Waals surface area contributed by atoms with Crippen LogP contribution >= 0.6 is 23.4 Å². The molecule has 4 aromatic rings. The lowest BCUT2D eigenvalue weighted by molar-refractivity contribution is -0.113. The molecule has 0 unspecified atom stereocenters. The van der Waals surface area contributed by atoms with E-state index in [1.165, 1.54) is 30.0 Å². The van der Waals surface area contributed by atoms with Crippen molar-refractivity contribution in [1.82, 2.24) is 19.7 Å². The third-order valence-electron chi connectivity index (χ3n) is 4.38. The van der Waals surface area contributed by atoms with E-state index in [4.69, 9.17) is 11.6 Å². The van der Waals surface area contributed by atoms with Crippen LogP contribution in [0.3, 0.4) is 0 Å². The van der Waals surface area contributed by atoms with Crippen LogP contribution in [0.25, 0.3) is 17.1 Å². The average Bonchev–Trinajstić information content (AvgIpc) is 3.20. The van der Waals surface area contributed by atoms with Crippen LogP contribution in [0, 0.1) is 12.7 Å². The Hall–Kier alpha value is -3.23. The number of carbonyl (C=O) groups is 1. The van der Waals surface area contributed by atoms with Gasteiger partial charge in [-0.25, -0.2) is 4.39 Å². The van der Waals surface area contributed by atoms with Gasteiger partial charge in [-0.05, 0) is 49.4 Å². The van der Waals surface area contributed by atoms with E-state index in [1.54, 1.807) is 12.4 Å². The number of hydrogen-bond acceptors (Lipinski definition) is 5. The quantitative estimate of drug-likeness (QED) is 0.408. The molecule has 0 spiro atoms. The molecule has 0 aliphatic carbocycles. The fourth-order valence-electron chi connectivity index (χ4n) is 2.87. The molecule has 0 radical (unpaired) electrons. The molecule has 156 valence electrons. The van der Waals surface area contributed by atoms with E-state index in [2.05, 4.69) is 20.5 Å². The zero-order valence-corrected chi connectivity index (χ0v) is 18.0. The van der Waals surface area contributed by atoms with Gasteiger partial charge in [0.2, 0.25) is 5.91 Å². The molecule has 31 heavy (non-hydrogen) atoms. The van der Waals surface area contributed by atoms with Gasteiger partial charge < -0.3 is 5.32 Å². The number of rotatable bonds is 6. The number of pyridine rings is 1. The number of amides is 1. The summed E-state index contributed by atoms with van der Waals surface area (Å²) in [6.45, 7) is 2.01. The monoisotopic (exact) mass is 453 g/mol. The van der Waals surface area contributed by atoms with Gasteiger partial charge in [0.1, 0.15) is 5.82 Å². The number of aryl methyl sites for hydroxylation is 1. The Labute approximate surface area is 187 Å². The first kappa shape index (κ1) is 21.0. The predicted molar refractivity (Wildman–Crippen MR) is 120 cm³/mol. The second-order valence-electron chi connectivity index (χ2n) is 6.68. The molecule has 1 amide bonds. The number of carbonyl (C=O) groups excluding carboxylic acids is 1. The maximum absolute atomic E-state index is 13.3. The molecule has 4 rings (SSSR count). The van der Waals surface area contributed by atoms with Gasteiger partial charge in [-0.3, -0.25) is 14.3 Å². The van der Waals surface area contributed by atoms with Crippen molar-refractivity contribution in [1.29, 1.82) is 0 Å². The van der Waals surface area contributed by atoms with E-state index in [0.717, 1.165) is 16.8 Å². The average molecular weight is 454 g/mol. The van der Waals surface area contributed by atoms with Crippen LogP contribution in [0.2, 0.25) is 5.02 Å². The van der Waals surface area contributed by atoms with Crippen molar-refractivity contribution >= 4 is 35.0 Å². The molecular weight excluding hydrogens is 437 g/mol. The van der Waals surface area contributed by atoms with Gasteiger partial charge >= 0.3 is 0 Å². The Bertz CT molecular complexity index is 1210. The van der Waals surface area contributed by atoms with Crippen molar-refractivity contribution in [3.8, 4) is 17.1 Å². The van der Waals surface area contributed by atoms with Crippen molar-refractivity contribution in [2.24, 2.45) is 0 Å². The lowest BCUT2D eigenvalue weighted by Crippen LogP contribution is -2.14. The molecule has 0 saturated heterocycles. The first-order valence-electron chi connectivity index (χ1n) is 9.32. The summed E-state index contributed by atoms with van der Waals surface area (Å²) in [4.78, 5) is 16.6. The van der Waals surface area contributed by atoms with E-state index in [9.17, 15) is 9.18 Å². The number of nitrogens with one attached hydrogen (secondary N) is 1. The first-order chi connectivity index (χ1) is 15.0. The van der Waals surface area contributed by atoms with Crippen molar-refractivity contribution in [3.05, 3.63) is 83.4 Å². The molecule has 6 nitrogen and oxygen atoms in total. The van der Waals surface area contributed by atoms with Crippen LogP contribution in [-0.2, 0) is 4.79 Å². The molecule has 2 aromatic heterocycles. The van der Waals surface area contributed by atoms with Crippen LogP contribution in [0.1, 0.15) is 5.56 Å². The molecule has 0 aliphatic heterocycles. The highest BCUT2D eigenvalue weighted by molar-refractivity contribution is 7.99. The minimum absolute atomic E-state index is 0.0503. The summed E-state index contributed by atoms with van der Waals surface area (Å²) in [5.41, 5.74) is 3.25. The molecule has 0 fully saturated rings. The van der Waals surface area contributed by atoms with Crippen LogP contribution < -0.4 is 5.32 Å². The summed E-state index contributed by atoms with van der Waals surface area (Å²) in [5.74, 6) is -0.0890. The van der Waals surface area contributed by atoms with E-state index in [0.29, 0.717) is 16.7 Å². The van der Waals surface area contributed by atoms with Crippen molar-refractivity contribution in [3.63, 3.8) is 0 Å². The minimum Gasteiger partial charge on any atom is -0.325 e. The molecule has 1 N–H and O–H groups in total. The van der Waals surface area contributed by atoms with Crippen LogP contribution in [0.4, 0.5) is 10.1 Å². The molecule has 9 heteroatoms. The minimum atomic E-state index is -0.539. The first-order valence-corrected chi connectivity index (χ1v) is 10.7. The van der Waals surface area contributed by atoms with Crippen LogP contribution in [-0.4, -0.2) is 31.4 Å². The molecule has 0 aliphatic rings. The topological polar surface area (TPSA) is 72.7 Å². The maximum atomic E-state index is 13.3. The van der Waals surface area contributed by atoms with E-state index < -0.39 is 5.82 Å². The van der Waals surface area contributed by atoms with Gasteiger partial charge in [0, 0.05) is 29.3 Å². The fraction of sp³-hybridized carbons (Fsp3) is 0.0909. The van der Waals surface area contributed by atoms with Crippen molar-refractivity contribution in [2.75, 3.05) is 11.1 Å². The SMILES string of the molecule is Cc1ccc(-n2c(SCC(=O)Nc3ccc(F)c(Cl)c3)nnc2-c2cccnc2)cc1. The fourth-order valence-corrected chi connectivity index (χ4v) is 3.81.